The van der Waals surface area contributed by atoms with E-state index in [9.17, 15) is 22.4 Å². The minimum Gasteiger partial charge on any atom is -0.457 e. The lowest BCUT2D eigenvalue weighted by Gasteiger charge is -2.12. The zero-order valence-electron chi connectivity index (χ0n) is 10.2. The molecule has 2 nitrogen and oxygen atoms in total. The first kappa shape index (κ1) is 15.3. The van der Waals surface area contributed by atoms with Gasteiger partial charge in [-0.05, 0) is 30.3 Å². The van der Waals surface area contributed by atoms with Gasteiger partial charge in [-0.15, -0.1) is 0 Å². The predicted molar refractivity (Wildman–Crippen MR) is 68.3 cm³/mol. The number of halogens is 5. The highest BCUT2D eigenvalue weighted by atomic mass is 35.5. The van der Waals surface area contributed by atoms with Gasteiger partial charge in [0.15, 0.2) is 6.29 Å². The molecule has 0 amide bonds. The Kier molecular flexibility index (Phi) is 4.18. The van der Waals surface area contributed by atoms with Gasteiger partial charge in [-0.25, -0.2) is 4.39 Å². The minimum atomic E-state index is -4.68. The maximum atomic E-state index is 13.0. The summed E-state index contributed by atoms with van der Waals surface area (Å²) in [5, 5.41) is -0.215. The van der Waals surface area contributed by atoms with Crippen LogP contribution in [0, 0.1) is 5.82 Å². The highest BCUT2D eigenvalue weighted by molar-refractivity contribution is 6.30. The molecule has 0 aromatic heterocycles. The summed E-state index contributed by atoms with van der Waals surface area (Å²) in [4.78, 5) is 10.6. The smallest absolute Gasteiger partial charge is 0.417 e. The third kappa shape index (κ3) is 3.52. The summed E-state index contributed by atoms with van der Waals surface area (Å²) in [6.45, 7) is 0. The molecule has 7 heteroatoms. The molecule has 0 fully saturated rings. The van der Waals surface area contributed by atoms with Crippen molar-refractivity contribution in [2.75, 3.05) is 0 Å². The number of hydrogen-bond acceptors (Lipinski definition) is 2. The molecule has 0 radical (unpaired) electrons. The second-order valence-electron chi connectivity index (χ2n) is 4.04. The van der Waals surface area contributed by atoms with E-state index in [1.807, 2.05) is 0 Å². The lowest BCUT2D eigenvalue weighted by atomic mass is 10.1. The van der Waals surface area contributed by atoms with Gasteiger partial charge in [0.05, 0.1) is 10.6 Å². The standard InChI is InChI=1S/C14H7ClF4O2/c15-12-6-10(3-4-13(12)16)21-9-2-1-8(7-20)11(5-9)14(17,18)19/h1-7H. The number of carbonyl (C=O) groups is 1. The second kappa shape index (κ2) is 5.73. The Bertz CT molecular complexity index is 683. The molecule has 0 saturated carbocycles. The van der Waals surface area contributed by atoms with E-state index in [0.29, 0.717) is 6.07 Å². The molecule has 0 heterocycles. The van der Waals surface area contributed by atoms with Crippen LogP contribution in [0.5, 0.6) is 11.5 Å². The second-order valence-corrected chi connectivity index (χ2v) is 4.45. The quantitative estimate of drug-likeness (QED) is 0.581. The highest BCUT2D eigenvalue weighted by Gasteiger charge is 2.33. The Morgan fingerprint density at radius 1 is 1.05 bits per heavy atom. The number of rotatable bonds is 3. The normalized spacial score (nSPS) is 11.3. The fraction of sp³-hybridized carbons (Fsp3) is 0.0714. The van der Waals surface area contributed by atoms with E-state index in [1.54, 1.807) is 0 Å². The zero-order valence-corrected chi connectivity index (χ0v) is 11.0. The molecule has 0 aliphatic carbocycles. The van der Waals surface area contributed by atoms with Gasteiger partial charge in [0.1, 0.15) is 17.3 Å². The van der Waals surface area contributed by atoms with Crippen molar-refractivity contribution >= 4 is 17.9 Å². The number of hydrogen-bond donors (Lipinski definition) is 0. The van der Waals surface area contributed by atoms with Crippen LogP contribution in [0.2, 0.25) is 5.02 Å². The van der Waals surface area contributed by atoms with Crippen molar-refractivity contribution < 1.29 is 27.1 Å². The molecule has 0 N–H and O–H groups in total. The van der Waals surface area contributed by atoms with Gasteiger partial charge in [0.25, 0.3) is 0 Å². The van der Waals surface area contributed by atoms with E-state index in [1.165, 1.54) is 12.1 Å². The van der Waals surface area contributed by atoms with Crippen LogP contribution >= 0.6 is 11.6 Å². The first-order chi connectivity index (χ1) is 9.81. The van der Waals surface area contributed by atoms with Crippen LogP contribution in [-0.2, 0) is 6.18 Å². The van der Waals surface area contributed by atoms with Gasteiger partial charge < -0.3 is 4.74 Å². The van der Waals surface area contributed by atoms with Crippen LogP contribution in [0.1, 0.15) is 15.9 Å². The van der Waals surface area contributed by atoms with Crippen LogP contribution in [-0.4, -0.2) is 6.29 Å². The van der Waals surface area contributed by atoms with Crippen molar-refractivity contribution in [2.45, 2.75) is 6.18 Å². The monoisotopic (exact) mass is 318 g/mol. The van der Waals surface area contributed by atoms with Crippen molar-refractivity contribution in [1.82, 2.24) is 0 Å². The third-order valence-corrected chi connectivity index (χ3v) is 2.87. The molecular weight excluding hydrogens is 312 g/mol. The van der Waals surface area contributed by atoms with Crippen molar-refractivity contribution in [2.24, 2.45) is 0 Å². The van der Waals surface area contributed by atoms with Gasteiger partial charge in [0.2, 0.25) is 0 Å². The summed E-state index contributed by atoms with van der Waals surface area (Å²) < 4.78 is 56.5. The summed E-state index contributed by atoms with van der Waals surface area (Å²) in [5.74, 6) is -0.736. The van der Waals surface area contributed by atoms with Gasteiger partial charge in [-0.2, -0.15) is 13.2 Å². The maximum absolute atomic E-state index is 13.0. The lowest BCUT2D eigenvalue weighted by Crippen LogP contribution is -2.09. The zero-order chi connectivity index (χ0) is 15.6. The van der Waals surface area contributed by atoms with Gasteiger partial charge >= 0.3 is 6.18 Å². The fourth-order valence-electron chi connectivity index (χ4n) is 1.62. The highest BCUT2D eigenvalue weighted by Crippen LogP contribution is 2.35. The SMILES string of the molecule is O=Cc1ccc(Oc2ccc(F)c(Cl)c2)cc1C(F)(F)F. The van der Waals surface area contributed by atoms with Crippen LogP contribution in [0.3, 0.4) is 0 Å². The van der Waals surface area contributed by atoms with Crippen LogP contribution < -0.4 is 4.74 Å². The van der Waals surface area contributed by atoms with Crippen LogP contribution in [0.25, 0.3) is 0 Å². The van der Waals surface area contributed by atoms with Crippen molar-refractivity contribution in [3.8, 4) is 11.5 Å². The average molecular weight is 319 g/mol. The van der Waals surface area contributed by atoms with Gasteiger partial charge in [0, 0.05) is 11.6 Å². The third-order valence-electron chi connectivity index (χ3n) is 2.58. The molecule has 0 aliphatic rings. The summed E-state index contributed by atoms with van der Waals surface area (Å²) in [7, 11) is 0. The Balaban J connectivity index is 2.36. The molecule has 0 saturated heterocycles. The summed E-state index contributed by atoms with van der Waals surface area (Å²) in [5.41, 5.74) is -1.60. The average Bonchev–Trinajstić information content (AvgIpc) is 2.42. The lowest BCUT2D eigenvalue weighted by molar-refractivity contribution is -0.137. The van der Waals surface area contributed by atoms with Crippen molar-refractivity contribution in [1.29, 1.82) is 0 Å². The molecule has 2 aromatic rings. The Morgan fingerprint density at radius 2 is 1.67 bits per heavy atom. The Hall–Kier alpha value is -2.08. The summed E-state index contributed by atoms with van der Waals surface area (Å²) in [6, 6.07) is 6.29. The van der Waals surface area contributed by atoms with E-state index < -0.39 is 23.1 Å². The van der Waals surface area contributed by atoms with Crippen molar-refractivity contribution in [3.63, 3.8) is 0 Å². The number of aldehydes is 1. The minimum absolute atomic E-state index is 0.0772. The maximum Gasteiger partial charge on any atom is 0.417 e. The molecule has 0 bridgehead atoms. The van der Waals surface area contributed by atoms with E-state index >= 15 is 0 Å². The van der Waals surface area contributed by atoms with E-state index in [0.717, 1.165) is 18.2 Å². The molecule has 0 atom stereocenters. The molecule has 2 rings (SSSR count). The first-order valence-corrected chi connectivity index (χ1v) is 5.98. The molecule has 21 heavy (non-hydrogen) atoms. The predicted octanol–water partition coefficient (Wildman–Crippen LogP) is 5.10. The summed E-state index contributed by atoms with van der Waals surface area (Å²) in [6.07, 6.45) is -4.57. The molecular formula is C14H7ClF4O2. The number of ether oxygens (including phenoxy) is 1. The van der Waals surface area contributed by atoms with Crippen LogP contribution in [0.15, 0.2) is 36.4 Å². The van der Waals surface area contributed by atoms with E-state index in [-0.39, 0.29) is 22.8 Å². The molecule has 0 unspecified atom stereocenters. The molecule has 110 valence electrons. The van der Waals surface area contributed by atoms with E-state index in [2.05, 4.69) is 0 Å². The Morgan fingerprint density at radius 3 is 2.24 bits per heavy atom. The van der Waals surface area contributed by atoms with E-state index in [4.69, 9.17) is 16.3 Å². The molecule has 0 aliphatic heterocycles. The molecule has 0 spiro atoms. The van der Waals surface area contributed by atoms with Gasteiger partial charge in [-0.1, -0.05) is 11.6 Å². The Labute approximate surface area is 121 Å². The molecule has 2 aromatic carbocycles. The number of alkyl halides is 3. The number of carbonyl (C=O) groups excluding carboxylic acids is 1. The van der Waals surface area contributed by atoms with Crippen LogP contribution in [0.4, 0.5) is 17.6 Å². The number of benzene rings is 2. The first-order valence-electron chi connectivity index (χ1n) is 5.60. The van der Waals surface area contributed by atoms with Gasteiger partial charge in [-0.3, -0.25) is 4.79 Å². The van der Waals surface area contributed by atoms with Crippen molar-refractivity contribution in [3.05, 3.63) is 58.4 Å². The fourth-order valence-corrected chi connectivity index (χ4v) is 1.79. The largest absolute Gasteiger partial charge is 0.457 e. The topological polar surface area (TPSA) is 26.3 Å². The summed E-state index contributed by atoms with van der Waals surface area (Å²) >= 11 is 5.55.